The second-order valence-corrected chi connectivity index (χ2v) is 5.65. The van der Waals surface area contributed by atoms with E-state index in [1.54, 1.807) is 21.4 Å². The lowest BCUT2D eigenvalue weighted by molar-refractivity contribution is -0.121. The van der Waals surface area contributed by atoms with Crippen LogP contribution < -0.4 is 11.0 Å². The first-order chi connectivity index (χ1) is 10.7. The van der Waals surface area contributed by atoms with Crippen LogP contribution in [0.3, 0.4) is 0 Å². The molecule has 0 radical (unpaired) electrons. The van der Waals surface area contributed by atoms with Crippen LogP contribution in [0.4, 0.5) is 0 Å². The molecule has 0 aliphatic carbocycles. The van der Waals surface area contributed by atoms with Gasteiger partial charge in [-0.3, -0.25) is 9.36 Å². The number of benzene rings is 1. The lowest BCUT2D eigenvalue weighted by Crippen LogP contribution is -2.28. The minimum Gasteiger partial charge on any atom is -0.356 e. The van der Waals surface area contributed by atoms with Crippen molar-refractivity contribution in [2.45, 2.75) is 19.4 Å². The summed E-state index contributed by atoms with van der Waals surface area (Å²) in [6.07, 6.45) is 1.00. The molecule has 0 aliphatic rings. The highest BCUT2D eigenvalue weighted by atomic mass is 32.1. The predicted octanol–water partition coefficient (Wildman–Crippen LogP) is 1.54. The molecular weight excluding hydrogens is 300 g/mol. The number of carbonyl (C=O) groups is 1. The summed E-state index contributed by atoms with van der Waals surface area (Å²) in [5.74, 6) is -0.0626. The summed E-state index contributed by atoms with van der Waals surface area (Å²) in [7, 11) is 0. The number of nitrogens with zero attached hydrogens (tertiary/aromatic N) is 2. The van der Waals surface area contributed by atoms with E-state index in [4.69, 9.17) is 0 Å². The number of amides is 1. The summed E-state index contributed by atoms with van der Waals surface area (Å²) in [5, 5.41) is 4.82. The number of hydrogen-bond acceptors (Lipinski definition) is 4. The van der Waals surface area contributed by atoms with Crippen LogP contribution in [-0.4, -0.2) is 27.0 Å². The van der Waals surface area contributed by atoms with Crippen LogP contribution in [-0.2, 0) is 17.8 Å². The Morgan fingerprint density at radius 3 is 3.05 bits per heavy atom. The second kappa shape index (κ2) is 6.57. The minimum absolute atomic E-state index is 0.0626. The van der Waals surface area contributed by atoms with E-state index < -0.39 is 0 Å². The summed E-state index contributed by atoms with van der Waals surface area (Å²) in [5.41, 5.74) is 4.19. The van der Waals surface area contributed by atoms with Crippen molar-refractivity contribution in [3.05, 3.63) is 51.3 Å². The van der Waals surface area contributed by atoms with Gasteiger partial charge in [-0.1, -0.05) is 12.1 Å². The first-order valence-corrected chi connectivity index (χ1v) is 7.99. The lowest BCUT2D eigenvalue weighted by atomic mass is 10.3. The topological polar surface area (TPSA) is 79.8 Å². The van der Waals surface area contributed by atoms with E-state index in [-0.39, 0.29) is 18.0 Å². The highest BCUT2D eigenvalue weighted by Crippen LogP contribution is 2.09. The van der Waals surface area contributed by atoms with Crippen molar-refractivity contribution in [1.29, 1.82) is 0 Å². The molecule has 114 valence electrons. The van der Waals surface area contributed by atoms with Crippen LogP contribution in [0.5, 0.6) is 0 Å². The number of fused-ring (bicyclic) bond motifs is 1. The summed E-state index contributed by atoms with van der Waals surface area (Å²) in [6, 6.07) is 7.46. The summed E-state index contributed by atoms with van der Waals surface area (Å²) in [6.45, 7) is 0.927. The number of H-pyrrole nitrogens is 1. The van der Waals surface area contributed by atoms with Gasteiger partial charge in [0.2, 0.25) is 5.91 Å². The number of aryl methyl sites for hydroxylation is 1. The third-order valence-electron chi connectivity index (χ3n) is 3.43. The molecule has 0 fully saturated rings. The van der Waals surface area contributed by atoms with Gasteiger partial charge in [0.1, 0.15) is 0 Å². The van der Waals surface area contributed by atoms with E-state index in [1.807, 2.05) is 29.6 Å². The molecule has 0 saturated heterocycles. The van der Waals surface area contributed by atoms with Crippen molar-refractivity contribution < 1.29 is 4.79 Å². The van der Waals surface area contributed by atoms with Crippen molar-refractivity contribution in [3.8, 4) is 0 Å². The van der Waals surface area contributed by atoms with Crippen molar-refractivity contribution in [2.75, 3.05) is 6.54 Å². The summed E-state index contributed by atoms with van der Waals surface area (Å²) in [4.78, 5) is 30.7. The Balaban J connectivity index is 1.54. The number of nitrogens with one attached hydrogen (secondary N) is 2. The van der Waals surface area contributed by atoms with Gasteiger partial charge in [-0.25, -0.2) is 9.78 Å². The molecule has 0 spiro atoms. The van der Waals surface area contributed by atoms with Gasteiger partial charge in [0, 0.05) is 31.3 Å². The largest absolute Gasteiger partial charge is 0.356 e. The Morgan fingerprint density at radius 2 is 2.23 bits per heavy atom. The zero-order chi connectivity index (χ0) is 15.4. The molecule has 3 aromatic rings. The van der Waals surface area contributed by atoms with Gasteiger partial charge in [-0.05, 0) is 12.1 Å². The van der Waals surface area contributed by atoms with E-state index in [2.05, 4.69) is 15.3 Å². The minimum atomic E-state index is -0.184. The number of thiazole rings is 1. The number of aromatic nitrogens is 3. The highest BCUT2D eigenvalue weighted by Gasteiger charge is 2.08. The van der Waals surface area contributed by atoms with E-state index in [0.717, 1.165) is 23.1 Å². The summed E-state index contributed by atoms with van der Waals surface area (Å²) < 4.78 is 1.59. The molecule has 0 unspecified atom stereocenters. The summed E-state index contributed by atoms with van der Waals surface area (Å²) >= 11 is 1.54. The molecular formula is C15H16N4O2S. The molecule has 2 N–H and O–H groups in total. The molecule has 0 saturated carbocycles. The quantitative estimate of drug-likeness (QED) is 0.724. The number of hydrogen-bond donors (Lipinski definition) is 2. The molecule has 3 rings (SSSR count). The predicted molar refractivity (Wildman–Crippen MR) is 86.0 cm³/mol. The van der Waals surface area contributed by atoms with Crippen LogP contribution in [0.2, 0.25) is 0 Å². The SMILES string of the molecule is O=C(CCn1c(=O)[nH]c2ccccc21)NCCc1cscn1. The maximum absolute atomic E-state index is 11.9. The molecule has 7 heteroatoms. The van der Waals surface area contributed by atoms with Crippen molar-refractivity contribution in [1.82, 2.24) is 19.9 Å². The first kappa shape index (κ1) is 14.5. The fraction of sp³-hybridized carbons (Fsp3) is 0.267. The van der Waals surface area contributed by atoms with Gasteiger partial charge >= 0.3 is 5.69 Å². The van der Waals surface area contributed by atoms with Gasteiger partial charge in [0.25, 0.3) is 0 Å². The molecule has 0 atom stereocenters. The monoisotopic (exact) mass is 316 g/mol. The Bertz CT molecular complexity index is 820. The second-order valence-electron chi connectivity index (χ2n) is 4.93. The lowest BCUT2D eigenvalue weighted by Gasteiger charge is -2.05. The average Bonchev–Trinajstić information content (AvgIpc) is 3.12. The van der Waals surface area contributed by atoms with E-state index in [9.17, 15) is 9.59 Å². The van der Waals surface area contributed by atoms with Gasteiger partial charge in [0.15, 0.2) is 0 Å². The van der Waals surface area contributed by atoms with Gasteiger partial charge in [-0.15, -0.1) is 11.3 Å². The van der Waals surface area contributed by atoms with Crippen molar-refractivity contribution in [2.24, 2.45) is 0 Å². The highest BCUT2D eigenvalue weighted by molar-refractivity contribution is 7.07. The Hall–Kier alpha value is -2.41. The Morgan fingerprint density at radius 1 is 1.36 bits per heavy atom. The number of carbonyl (C=O) groups excluding carboxylic acids is 1. The number of para-hydroxylation sites is 2. The zero-order valence-electron chi connectivity index (χ0n) is 11.9. The van der Waals surface area contributed by atoms with Crippen LogP contribution >= 0.6 is 11.3 Å². The maximum atomic E-state index is 11.9. The number of imidazole rings is 1. The molecule has 0 aliphatic heterocycles. The molecule has 6 nitrogen and oxygen atoms in total. The van der Waals surface area contributed by atoms with Gasteiger partial charge < -0.3 is 10.3 Å². The standard InChI is InChI=1S/C15H16N4O2S/c20-14(16-7-5-11-9-22-10-17-11)6-8-19-13-4-2-1-3-12(13)18-15(19)21/h1-4,9-10H,5-8H2,(H,16,20)(H,18,21). The fourth-order valence-corrected chi connectivity index (χ4v) is 2.91. The van der Waals surface area contributed by atoms with E-state index in [0.29, 0.717) is 13.1 Å². The van der Waals surface area contributed by atoms with E-state index in [1.165, 1.54) is 0 Å². The molecule has 2 heterocycles. The average molecular weight is 316 g/mol. The van der Waals surface area contributed by atoms with Crippen molar-refractivity contribution >= 4 is 28.3 Å². The van der Waals surface area contributed by atoms with Crippen LogP contribution in [0.15, 0.2) is 40.0 Å². The zero-order valence-corrected chi connectivity index (χ0v) is 12.7. The van der Waals surface area contributed by atoms with Crippen LogP contribution in [0, 0.1) is 0 Å². The third kappa shape index (κ3) is 3.25. The molecule has 22 heavy (non-hydrogen) atoms. The molecule has 0 bridgehead atoms. The van der Waals surface area contributed by atoms with Gasteiger partial charge in [-0.2, -0.15) is 0 Å². The number of rotatable bonds is 6. The number of aromatic amines is 1. The fourth-order valence-electron chi connectivity index (χ4n) is 2.32. The van der Waals surface area contributed by atoms with E-state index >= 15 is 0 Å². The van der Waals surface area contributed by atoms with Crippen molar-refractivity contribution in [3.63, 3.8) is 0 Å². The van der Waals surface area contributed by atoms with Crippen LogP contribution in [0.25, 0.3) is 11.0 Å². The molecule has 1 aromatic carbocycles. The molecule has 1 amide bonds. The smallest absolute Gasteiger partial charge is 0.326 e. The Kier molecular flexibility index (Phi) is 4.34. The maximum Gasteiger partial charge on any atom is 0.326 e. The third-order valence-corrected chi connectivity index (χ3v) is 4.07. The van der Waals surface area contributed by atoms with Crippen LogP contribution in [0.1, 0.15) is 12.1 Å². The van der Waals surface area contributed by atoms with Gasteiger partial charge in [0.05, 0.1) is 22.2 Å². The Labute approximate surface area is 130 Å². The molecule has 2 aromatic heterocycles. The first-order valence-electron chi connectivity index (χ1n) is 7.05. The normalized spacial score (nSPS) is 10.9.